The van der Waals surface area contributed by atoms with Crippen LogP contribution < -0.4 is 5.73 Å². The summed E-state index contributed by atoms with van der Waals surface area (Å²) in [4.78, 5) is 3.79. The Bertz CT molecular complexity index is 455. The van der Waals surface area contributed by atoms with Crippen LogP contribution in [0, 0.1) is 10.8 Å². The maximum Gasteiger partial charge on any atom is 0.417 e. The van der Waals surface area contributed by atoms with Gasteiger partial charge in [-0.25, -0.2) is 4.98 Å². The third-order valence-electron chi connectivity index (χ3n) is 2.99. The minimum absolute atomic E-state index is 0.148. The molecule has 7 heteroatoms. The van der Waals surface area contributed by atoms with Crippen LogP contribution in [-0.4, -0.2) is 16.6 Å². The highest BCUT2D eigenvalue weighted by molar-refractivity contribution is 7.99. The Morgan fingerprint density at radius 3 is 2.45 bits per heavy atom. The summed E-state index contributed by atoms with van der Waals surface area (Å²) >= 11 is 1.40. The summed E-state index contributed by atoms with van der Waals surface area (Å²) in [6.07, 6.45) is -1.92. The number of thioether (sulfide) groups is 1. The van der Waals surface area contributed by atoms with Crippen molar-refractivity contribution in [2.24, 2.45) is 11.1 Å². The summed E-state index contributed by atoms with van der Waals surface area (Å²) in [6, 6.07) is 2.42. The zero-order chi connectivity index (χ0) is 15.4. The van der Waals surface area contributed by atoms with Gasteiger partial charge < -0.3 is 5.73 Å². The maximum absolute atomic E-state index is 12.4. The highest BCUT2D eigenvalue weighted by atomic mass is 32.2. The summed E-state index contributed by atoms with van der Waals surface area (Å²) in [7, 11) is 0. The van der Waals surface area contributed by atoms with Crippen LogP contribution in [0.3, 0.4) is 0 Å². The Morgan fingerprint density at radius 2 is 2.00 bits per heavy atom. The fourth-order valence-corrected chi connectivity index (χ4v) is 2.25. The van der Waals surface area contributed by atoms with E-state index in [4.69, 9.17) is 11.1 Å². The van der Waals surface area contributed by atoms with E-state index in [9.17, 15) is 13.2 Å². The molecule has 0 aromatic carbocycles. The number of pyridine rings is 1. The van der Waals surface area contributed by atoms with E-state index >= 15 is 0 Å². The van der Waals surface area contributed by atoms with E-state index < -0.39 is 11.7 Å². The van der Waals surface area contributed by atoms with Gasteiger partial charge in [-0.1, -0.05) is 13.8 Å². The summed E-state index contributed by atoms with van der Waals surface area (Å²) < 4.78 is 37.1. The van der Waals surface area contributed by atoms with E-state index in [2.05, 4.69) is 4.98 Å². The highest BCUT2D eigenvalue weighted by Gasteiger charge is 2.30. The summed E-state index contributed by atoms with van der Waals surface area (Å²) in [5.41, 5.74) is 4.40. The van der Waals surface area contributed by atoms with E-state index in [1.807, 2.05) is 13.8 Å². The summed E-state index contributed by atoms with van der Waals surface area (Å²) in [5, 5.41) is 8.00. The number of amidine groups is 1. The third-order valence-corrected chi connectivity index (χ3v) is 4.02. The molecule has 112 valence electrons. The van der Waals surface area contributed by atoms with Crippen LogP contribution in [-0.2, 0) is 6.18 Å². The Morgan fingerprint density at radius 1 is 1.35 bits per heavy atom. The number of hydrogen-bond donors (Lipinski definition) is 2. The van der Waals surface area contributed by atoms with Gasteiger partial charge in [0.2, 0.25) is 0 Å². The molecule has 20 heavy (non-hydrogen) atoms. The first-order chi connectivity index (χ1) is 9.13. The first-order valence-corrected chi connectivity index (χ1v) is 7.12. The van der Waals surface area contributed by atoms with E-state index in [0.717, 1.165) is 30.9 Å². The average Bonchev–Trinajstić information content (AvgIpc) is 2.34. The first-order valence-electron chi connectivity index (χ1n) is 6.13. The topological polar surface area (TPSA) is 62.8 Å². The van der Waals surface area contributed by atoms with Crippen molar-refractivity contribution < 1.29 is 13.2 Å². The van der Waals surface area contributed by atoms with Crippen molar-refractivity contribution in [1.29, 1.82) is 5.41 Å². The maximum atomic E-state index is 12.4. The summed E-state index contributed by atoms with van der Waals surface area (Å²) in [6.45, 7) is 3.80. The van der Waals surface area contributed by atoms with Crippen molar-refractivity contribution in [3.8, 4) is 0 Å². The predicted molar refractivity (Wildman–Crippen MR) is 74.9 cm³/mol. The number of nitrogens with two attached hydrogens (primary N) is 1. The zero-order valence-corrected chi connectivity index (χ0v) is 12.2. The minimum atomic E-state index is -4.35. The summed E-state index contributed by atoms with van der Waals surface area (Å²) in [5.74, 6) is 0.880. The Hall–Kier alpha value is -1.24. The fourth-order valence-electron chi connectivity index (χ4n) is 1.46. The Labute approximate surface area is 120 Å². The van der Waals surface area contributed by atoms with Gasteiger partial charge in [0.05, 0.1) is 16.4 Å². The molecule has 3 N–H and O–H groups in total. The Balaban J connectivity index is 2.42. The number of aromatic nitrogens is 1. The van der Waals surface area contributed by atoms with Gasteiger partial charge in [0.15, 0.2) is 0 Å². The molecule has 0 amide bonds. The molecule has 1 aromatic heterocycles. The molecule has 0 unspecified atom stereocenters. The molecule has 0 aliphatic rings. The molecule has 0 atom stereocenters. The van der Waals surface area contributed by atoms with Gasteiger partial charge in [-0.3, -0.25) is 5.41 Å². The monoisotopic (exact) mass is 305 g/mol. The van der Waals surface area contributed by atoms with E-state index in [1.54, 1.807) is 0 Å². The van der Waals surface area contributed by atoms with Crippen LogP contribution in [0.5, 0.6) is 0 Å². The van der Waals surface area contributed by atoms with Crippen LogP contribution in [0.15, 0.2) is 23.4 Å². The van der Waals surface area contributed by atoms with E-state index in [1.165, 1.54) is 17.8 Å². The first kappa shape index (κ1) is 16.8. The number of halogens is 3. The van der Waals surface area contributed by atoms with Crippen molar-refractivity contribution in [3.05, 3.63) is 23.9 Å². The molecule has 0 spiro atoms. The fraction of sp³-hybridized carbons (Fsp3) is 0.538. The molecule has 0 aliphatic carbocycles. The van der Waals surface area contributed by atoms with Gasteiger partial charge in [-0.2, -0.15) is 13.2 Å². The molecular weight excluding hydrogens is 287 g/mol. The minimum Gasteiger partial charge on any atom is -0.387 e. The second kappa shape index (κ2) is 6.47. The van der Waals surface area contributed by atoms with Gasteiger partial charge >= 0.3 is 6.18 Å². The number of alkyl halides is 3. The average molecular weight is 305 g/mol. The van der Waals surface area contributed by atoms with Crippen LogP contribution in [0.4, 0.5) is 13.2 Å². The van der Waals surface area contributed by atoms with Gasteiger partial charge in [-0.15, -0.1) is 11.8 Å². The van der Waals surface area contributed by atoms with Crippen molar-refractivity contribution in [1.82, 2.24) is 4.98 Å². The second-order valence-electron chi connectivity index (χ2n) is 5.13. The van der Waals surface area contributed by atoms with Crippen molar-refractivity contribution in [3.63, 3.8) is 0 Å². The standard InChI is InChI=1S/C13H18F3N3S/c1-12(2,11(17)18)6-3-7-20-10-5-4-9(8-19-10)13(14,15)16/h4-5,8H,3,6-7H2,1-2H3,(H3,17,18). The molecule has 0 bridgehead atoms. The van der Waals surface area contributed by atoms with E-state index in [-0.39, 0.29) is 11.3 Å². The SMILES string of the molecule is CC(C)(CCCSc1ccc(C(F)(F)F)cn1)C(=N)N. The molecule has 0 saturated carbocycles. The van der Waals surface area contributed by atoms with Crippen LogP contribution in [0.25, 0.3) is 0 Å². The molecule has 1 rings (SSSR count). The lowest BCUT2D eigenvalue weighted by atomic mass is 9.87. The van der Waals surface area contributed by atoms with Crippen molar-refractivity contribution in [2.45, 2.75) is 37.9 Å². The largest absolute Gasteiger partial charge is 0.417 e. The van der Waals surface area contributed by atoms with Gasteiger partial charge in [0.1, 0.15) is 0 Å². The smallest absolute Gasteiger partial charge is 0.387 e. The molecule has 0 radical (unpaired) electrons. The van der Waals surface area contributed by atoms with Gasteiger partial charge in [-0.05, 0) is 30.7 Å². The van der Waals surface area contributed by atoms with Crippen LogP contribution >= 0.6 is 11.8 Å². The lowest BCUT2D eigenvalue weighted by Gasteiger charge is -2.22. The molecule has 0 saturated heterocycles. The van der Waals surface area contributed by atoms with Crippen molar-refractivity contribution >= 4 is 17.6 Å². The second-order valence-corrected chi connectivity index (χ2v) is 6.25. The lowest BCUT2D eigenvalue weighted by molar-refractivity contribution is -0.137. The number of hydrogen-bond acceptors (Lipinski definition) is 3. The zero-order valence-electron chi connectivity index (χ0n) is 11.4. The highest BCUT2D eigenvalue weighted by Crippen LogP contribution is 2.30. The third kappa shape index (κ3) is 5.03. The molecule has 1 heterocycles. The molecular formula is C13H18F3N3S. The number of nitrogens with one attached hydrogen (secondary N) is 1. The molecule has 0 fully saturated rings. The van der Waals surface area contributed by atoms with Gasteiger partial charge in [0, 0.05) is 11.6 Å². The van der Waals surface area contributed by atoms with Crippen LogP contribution in [0.1, 0.15) is 32.3 Å². The van der Waals surface area contributed by atoms with Gasteiger partial charge in [0.25, 0.3) is 0 Å². The molecule has 1 aromatic rings. The number of rotatable bonds is 6. The van der Waals surface area contributed by atoms with Crippen molar-refractivity contribution in [2.75, 3.05) is 5.75 Å². The molecule has 0 aliphatic heterocycles. The quantitative estimate of drug-likeness (QED) is 0.362. The Kier molecular flexibility index (Phi) is 5.44. The molecule has 3 nitrogen and oxygen atoms in total. The van der Waals surface area contributed by atoms with E-state index in [0.29, 0.717) is 5.03 Å². The normalized spacial score (nSPS) is 12.4. The lowest BCUT2D eigenvalue weighted by Crippen LogP contribution is -2.30. The van der Waals surface area contributed by atoms with Crippen LogP contribution in [0.2, 0.25) is 0 Å². The number of nitrogens with zero attached hydrogens (tertiary/aromatic N) is 1. The predicted octanol–water partition coefficient (Wildman–Crippen LogP) is 3.93.